The van der Waals surface area contributed by atoms with Gasteiger partial charge in [-0.2, -0.15) is 0 Å². The molecule has 1 aromatic carbocycles. The minimum Gasteiger partial charge on any atom is -0.361 e. The highest BCUT2D eigenvalue weighted by atomic mass is 16.1. The minimum absolute atomic E-state index is 0.0242. The summed E-state index contributed by atoms with van der Waals surface area (Å²) in [6.45, 7) is 0.515. The van der Waals surface area contributed by atoms with E-state index in [1.54, 1.807) is 0 Å². The molecule has 20 heavy (non-hydrogen) atoms. The molecule has 1 heterocycles. The Morgan fingerprint density at radius 1 is 1.35 bits per heavy atom. The molecule has 0 aliphatic heterocycles. The molecule has 1 aromatic heterocycles. The summed E-state index contributed by atoms with van der Waals surface area (Å²) in [5.41, 5.74) is 7.51. The smallest absolute Gasteiger partial charge is 0.251 e. The average Bonchev–Trinajstić information content (AvgIpc) is 3.14. The van der Waals surface area contributed by atoms with E-state index in [2.05, 4.69) is 10.3 Å². The lowest BCUT2D eigenvalue weighted by molar-refractivity contribution is 0.0924. The zero-order valence-electron chi connectivity index (χ0n) is 11.6. The molecule has 4 heteroatoms. The molecule has 1 unspecified atom stereocenters. The Bertz CT molecular complexity index is 599. The van der Waals surface area contributed by atoms with Gasteiger partial charge in [0, 0.05) is 29.9 Å². The number of fused-ring (bicyclic) bond motifs is 1. The van der Waals surface area contributed by atoms with Crippen LogP contribution < -0.4 is 11.1 Å². The lowest BCUT2D eigenvalue weighted by Gasteiger charge is -2.23. The fourth-order valence-electron chi connectivity index (χ4n) is 3.17. The maximum absolute atomic E-state index is 12.4. The first-order valence-corrected chi connectivity index (χ1v) is 7.36. The highest BCUT2D eigenvalue weighted by Crippen LogP contribution is 2.27. The van der Waals surface area contributed by atoms with Crippen molar-refractivity contribution in [2.75, 3.05) is 6.54 Å². The zero-order valence-corrected chi connectivity index (χ0v) is 11.6. The topological polar surface area (TPSA) is 70.9 Å². The maximum atomic E-state index is 12.4. The van der Waals surface area contributed by atoms with Gasteiger partial charge in [-0.05, 0) is 42.3 Å². The molecule has 1 aliphatic rings. The van der Waals surface area contributed by atoms with Crippen LogP contribution in [0.4, 0.5) is 0 Å². The van der Waals surface area contributed by atoms with Gasteiger partial charge < -0.3 is 16.0 Å². The first-order chi connectivity index (χ1) is 9.78. The van der Waals surface area contributed by atoms with E-state index in [4.69, 9.17) is 5.73 Å². The molecule has 1 amide bonds. The van der Waals surface area contributed by atoms with Crippen LogP contribution in [0.2, 0.25) is 0 Å². The van der Waals surface area contributed by atoms with Crippen LogP contribution in [0, 0.1) is 5.92 Å². The van der Waals surface area contributed by atoms with Crippen LogP contribution >= 0.6 is 0 Å². The number of hydrogen-bond acceptors (Lipinski definition) is 2. The van der Waals surface area contributed by atoms with E-state index in [0.29, 0.717) is 18.0 Å². The fraction of sp³-hybridized carbons (Fsp3) is 0.438. The summed E-state index contributed by atoms with van der Waals surface area (Å²) in [5, 5.41) is 4.22. The van der Waals surface area contributed by atoms with E-state index in [1.807, 2.05) is 30.5 Å². The van der Waals surface area contributed by atoms with E-state index in [1.165, 1.54) is 25.7 Å². The summed E-state index contributed by atoms with van der Waals surface area (Å²) in [5.74, 6) is 0.516. The molecule has 1 fully saturated rings. The summed E-state index contributed by atoms with van der Waals surface area (Å²) in [4.78, 5) is 15.5. The molecule has 0 spiro atoms. The van der Waals surface area contributed by atoms with Crippen LogP contribution in [0.3, 0.4) is 0 Å². The van der Waals surface area contributed by atoms with Crippen molar-refractivity contribution in [1.82, 2.24) is 10.3 Å². The normalized spacial score (nSPS) is 17.4. The van der Waals surface area contributed by atoms with Gasteiger partial charge in [0.15, 0.2) is 0 Å². The van der Waals surface area contributed by atoms with E-state index in [-0.39, 0.29) is 11.9 Å². The molecule has 1 atom stereocenters. The number of rotatable bonds is 4. The number of benzene rings is 1. The van der Waals surface area contributed by atoms with Gasteiger partial charge in [-0.1, -0.05) is 18.9 Å². The number of carbonyl (C=O) groups excluding carboxylic acids is 1. The van der Waals surface area contributed by atoms with E-state index in [9.17, 15) is 4.79 Å². The number of aromatic amines is 1. The van der Waals surface area contributed by atoms with Crippen molar-refractivity contribution >= 4 is 16.8 Å². The Balaban J connectivity index is 1.73. The number of nitrogens with one attached hydrogen (secondary N) is 2. The predicted molar refractivity (Wildman–Crippen MR) is 80.6 cm³/mol. The Morgan fingerprint density at radius 3 is 2.90 bits per heavy atom. The molecular weight excluding hydrogens is 250 g/mol. The minimum atomic E-state index is -0.0242. The second kappa shape index (κ2) is 5.67. The second-order valence-corrected chi connectivity index (χ2v) is 5.64. The number of hydrogen-bond donors (Lipinski definition) is 3. The third-order valence-corrected chi connectivity index (χ3v) is 4.36. The van der Waals surface area contributed by atoms with Crippen molar-refractivity contribution in [3.8, 4) is 0 Å². The monoisotopic (exact) mass is 271 g/mol. The molecule has 0 radical (unpaired) electrons. The largest absolute Gasteiger partial charge is 0.361 e. The van der Waals surface area contributed by atoms with Crippen LogP contribution in [0.5, 0.6) is 0 Å². The van der Waals surface area contributed by atoms with E-state index >= 15 is 0 Å². The highest BCUT2D eigenvalue weighted by molar-refractivity contribution is 5.98. The van der Waals surface area contributed by atoms with Crippen LogP contribution in [0.15, 0.2) is 30.5 Å². The van der Waals surface area contributed by atoms with Gasteiger partial charge in [0.1, 0.15) is 0 Å². The molecule has 106 valence electrons. The van der Waals surface area contributed by atoms with Gasteiger partial charge in [0.2, 0.25) is 0 Å². The van der Waals surface area contributed by atoms with Gasteiger partial charge in [0.05, 0.1) is 0 Å². The second-order valence-electron chi connectivity index (χ2n) is 5.64. The summed E-state index contributed by atoms with van der Waals surface area (Å²) in [6.07, 6.45) is 6.75. The SMILES string of the molecule is NCC(NC(=O)c1ccc2cc[nH]c2c1)C1CCCC1. The highest BCUT2D eigenvalue weighted by Gasteiger charge is 2.25. The Morgan fingerprint density at radius 2 is 2.15 bits per heavy atom. The van der Waals surface area contributed by atoms with Crippen LogP contribution in [-0.4, -0.2) is 23.5 Å². The predicted octanol–water partition coefficient (Wildman–Crippen LogP) is 2.42. The van der Waals surface area contributed by atoms with Crippen molar-refractivity contribution in [1.29, 1.82) is 0 Å². The molecule has 4 nitrogen and oxygen atoms in total. The summed E-state index contributed by atoms with van der Waals surface area (Å²) >= 11 is 0. The van der Waals surface area contributed by atoms with E-state index < -0.39 is 0 Å². The van der Waals surface area contributed by atoms with Gasteiger partial charge in [-0.25, -0.2) is 0 Å². The maximum Gasteiger partial charge on any atom is 0.251 e. The zero-order chi connectivity index (χ0) is 13.9. The van der Waals surface area contributed by atoms with Gasteiger partial charge in [-0.3, -0.25) is 4.79 Å². The summed E-state index contributed by atoms with van der Waals surface area (Å²) in [7, 11) is 0. The third kappa shape index (κ3) is 2.56. The molecule has 0 bridgehead atoms. The average molecular weight is 271 g/mol. The Hall–Kier alpha value is -1.81. The molecule has 0 saturated heterocycles. The molecule has 1 saturated carbocycles. The number of amides is 1. The van der Waals surface area contributed by atoms with Crippen molar-refractivity contribution in [3.05, 3.63) is 36.0 Å². The number of carbonyl (C=O) groups is 1. The standard InChI is InChI=1S/C16H21N3O/c17-10-15(11-3-1-2-4-11)19-16(20)13-6-5-12-7-8-18-14(12)9-13/h5-9,11,15,18H,1-4,10,17H2,(H,19,20). The molecule has 1 aliphatic carbocycles. The molecular formula is C16H21N3O. The molecule has 2 aromatic rings. The lowest BCUT2D eigenvalue weighted by atomic mass is 9.98. The van der Waals surface area contributed by atoms with Crippen LogP contribution in [0.1, 0.15) is 36.0 Å². The van der Waals surface area contributed by atoms with Gasteiger partial charge >= 0.3 is 0 Å². The quantitative estimate of drug-likeness (QED) is 0.799. The van der Waals surface area contributed by atoms with E-state index in [0.717, 1.165) is 10.9 Å². The Kier molecular flexibility index (Phi) is 3.74. The summed E-state index contributed by atoms with van der Waals surface area (Å²) < 4.78 is 0. The molecule has 3 rings (SSSR count). The third-order valence-electron chi connectivity index (χ3n) is 4.36. The number of nitrogens with two attached hydrogens (primary N) is 1. The van der Waals surface area contributed by atoms with Gasteiger partial charge in [-0.15, -0.1) is 0 Å². The van der Waals surface area contributed by atoms with Crippen molar-refractivity contribution in [3.63, 3.8) is 0 Å². The first kappa shape index (κ1) is 13.2. The number of aromatic nitrogens is 1. The van der Waals surface area contributed by atoms with Gasteiger partial charge in [0.25, 0.3) is 5.91 Å². The number of H-pyrrole nitrogens is 1. The van der Waals surface area contributed by atoms with Crippen molar-refractivity contribution in [2.45, 2.75) is 31.7 Å². The van der Waals surface area contributed by atoms with Crippen LogP contribution in [0.25, 0.3) is 10.9 Å². The van der Waals surface area contributed by atoms with Crippen LogP contribution in [-0.2, 0) is 0 Å². The lowest BCUT2D eigenvalue weighted by Crippen LogP contribution is -2.44. The van der Waals surface area contributed by atoms with Crippen molar-refractivity contribution in [2.24, 2.45) is 11.7 Å². The fourth-order valence-corrected chi connectivity index (χ4v) is 3.17. The molecule has 4 N–H and O–H groups in total. The van der Waals surface area contributed by atoms with Crippen molar-refractivity contribution < 1.29 is 4.79 Å². The first-order valence-electron chi connectivity index (χ1n) is 7.36. The summed E-state index contributed by atoms with van der Waals surface area (Å²) in [6, 6.07) is 7.83. The Labute approximate surface area is 118 Å².